The van der Waals surface area contributed by atoms with Gasteiger partial charge in [0, 0.05) is 16.3 Å². The molecular formula is C22H21ClN4O5S3. The monoisotopic (exact) mass is 552 g/mol. The lowest BCUT2D eigenvalue weighted by atomic mass is 10.2. The molecule has 13 heteroatoms. The van der Waals surface area contributed by atoms with Gasteiger partial charge in [-0.25, -0.2) is 21.6 Å². The smallest absolute Gasteiger partial charge is 0.264 e. The van der Waals surface area contributed by atoms with Gasteiger partial charge >= 0.3 is 0 Å². The normalized spacial score (nSPS) is 14.5. The lowest BCUT2D eigenvalue weighted by Gasteiger charge is -2.14. The Morgan fingerprint density at radius 1 is 1.14 bits per heavy atom. The van der Waals surface area contributed by atoms with E-state index in [4.69, 9.17) is 28.6 Å². The van der Waals surface area contributed by atoms with E-state index in [1.165, 1.54) is 32.4 Å². The Morgan fingerprint density at radius 3 is 2.60 bits per heavy atom. The topological polar surface area (TPSA) is 119 Å². The minimum absolute atomic E-state index is 0.0471. The molecule has 4 rings (SSSR count). The van der Waals surface area contributed by atoms with Gasteiger partial charge in [0.1, 0.15) is 10.7 Å². The molecule has 0 radical (unpaired) electrons. The second-order valence-corrected chi connectivity index (χ2v) is 12.0. The Morgan fingerprint density at radius 2 is 1.89 bits per heavy atom. The lowest BCUT2D eigenvalue weighted by Crippen LogP contribution is -2.21. The van der Waals surface area contributed by atoms with Gasteiger partial charge in [-0.3, -0.25) is 9.40 Å². The first-order valence-corrected chi connectivity index (χ1v) is 14.0. The van der Waals surface area contributed by atoms with Crippen molar-refractivity contribution >= 4 is 65.5 Å². The summed E-state index contributed by atoms with van der Waals surface area (Å²) in [4.78, 5) is 0.248. The van der Waals surface area contributed by atoms with Crippen molar-refractivity contribution in [2.24, 2.45) is 0 Å². The highest BCUT2D eigenvalue weighted by Gasteiger charge is 2.27. The average molecular weight is 553 g/mol. The Bertz CT molecular complexity index is 1610. The van der Waals surface area contributed by atoms with Gasteiger partial charge in [-0.15, -0.1) is 0 Å². The molecular weight excluding hydrogens is 532 g/mol. The maximum Gasteiger partial charge on any atom is 0.264 e. The van der Waals surface area contributed by atoms with Crippen LogP contribution in [-0.4, -0.2) is 45.6 Å². The molecule has 0 bridgehead atoms. The van der Waals surface area contributed by atoms with E-state index >= 15 is 0 Å². The van der Waals surface area contributed by atoms with Crippen molar-refractivity contribution in [3.63, 3.8) is 0 Å². The maximum absolute atomic E-state index is 13.2. The van der Waals surface area contributed by atoms with Crippen molar-refractivity contribution < 1.29 is 21.6 Å². The number of halogens is 1. The Labute approximate surface area is 213 Å². The minimum Gasteiger partial charge on any atom is -0.496 e. The summed E-state index contributed by atoms with van der Waals surface area (Å²) >= 11 is 11.3. The Balaban J connectivity index is 1.79. The number of allylic oxidation sites excluding steroid dienone is 4. The molecule has 9 nitrogen and oxygen atoms in total. The SMILES string of the molecule is CNS(=O)(=O)c1cccc(Cn2nc(NS(=O)(=O)C3=CC(Cl)=CCC3=S)c3c(OC)cccc32)c1. The summed E-state index contributed by atoms with van der Waals surface area (Å²) in [5, 5.41) is 5.22. The van der Waals surface area contributed by atoms with Gasteiger partial charge in [-0.1, -0.05) is 48.1 Å². The van der Waals surface area contributed by atoms with Gasteiger partial charge in [0.15, 0.2) is 5.82 Å². The maximum atomic E-state index is 13.2. The number of rotatable bonds is 8. The number of nitrogens with zero attached hydrogens (tertiary/aromatic N) is 2. The average Bonchev–Trinajstić information content (AvgIpc) is 3.17. The predicted octanol–water partition coefficient (Wildman–Crippen LogP) is 3.52. The predicted molar refractivity (Wildman–Crippen MR) is 140 cm³/mol. The number of hydrogen-bond donors (Lipinski definition) is 2. The third-order valence-corrected chi connectivity index (χ3v) is 8.91. The van der Waals surface area contributed by atoms with Gasteiger partial charge in [0.05, 0.1) is 29.5 Å². The van der Waals surface area contributed by atoms with E-state index in [2.05, 4.69) is 14.5 Å². The molecule has 0 saturated heterocycles. The molecule has 0 spiro atoms. The van der Waals surface area contributed by atoms with Gasteiger partial charge in [-0.2, -0.15) is 5.10 Å². The molecule has 0 aliphatic heterocycles. The highest BCUT2D eigenvalue weighted by molar-refractivity contribution is 7.99. The van der Waals surface area contributed by atoms with Gasteiger partial charge < -0.3 is 4.74 Å². The molecule has 1 heterocycles. The number of aromatic nitrogens is 2. The standard InChI is InChI=1S/C22H21ClN4O5S3/c1-24-34(28,29)16-6-3-5-14(11-16)13-27-17-7-4-8-18(32-2)21(17)22(25-27)26-35(30,31)20-12-15(23)9-10-19(20)33/h3-9,11-12,24H,10,13H2,1-2H3,(H,25,26). The second-order valence-electron chi connectivity index (χ2n) is 7.55. The summed E-state index contributed by atoms with van der Waals surface area (Å²) in [6, 6.07) is 11.6. The van der Waals surface area contributed by atoms with Crippen LogP contribution < -0.4 is 14.2 Å². The van der Waals surface area contributed by atoms with Crippen LogP contribution in [-0.2, 0) is 26.6 Å². The fourth-order valence-electron chi connectivity index (χ4n) is 3.63. The van der Waals surface area contributed by atoms with Crippen molar-refractivity contribution in [3.8, 4) is 5.75 Å². The van der Waals surface area contributed by atoms with Crippen molar-refractivity contribution in [3.05, 3.63) is 70.1 Å². The molecule has 3 aromatic rings. The van der Waals surface area contributed by atoms with Crippen LogP contribution in [0.2, 0.25) is 0 Å². The molecule has 2 N–H and O–H groups in total. The first kappa shape index (κ1) is 25.3. The quantitative estimate of drug-likeness (QED) is 0.410. The van der Waals surface area contributed by atoms with Crippen molar-refractivity contribution in [1.82, 2.24) is 14.5 Å². The number of fused-ring (bicyclic) bond motifs is 1. The number of hydrogen-bond acceptors (Lipinski definition) is 7. The number of anilines is 1. The first-order chi connectivity index (χ1) is 16.6. The van der Waals surface area contributed by atoms with Gasteiger partial charge in [-0.05, 0) is 43.0 Å². The fourth-order valence-corrected chi connectivity index (χ4v) is 6.32. The number of ether oxygens (including phenoxy) is 1. The molecule has 2 aromatic carbocycles. The van der Waals surface area contributed by atoms with Crippen LogP contribution >= 0.6 is 23.8 Å². The molecule has 0 atom stereocenters. The van der Waals surface area contributed by atoms with E-state index in [1.807, 2.05) is 0 Å². The van der Waals surface area contributed by atoms with Crippen LogP contribution in [0.3, 0.4) is 0 Å². The zero-order chi connectivity index (χ0) is 25.4. The molecule has 1 aromatic heterocycles. The molecule has 0 saturated carbocycles. The molecule has 0 amide bonds. The van der Waals surface area contributed by atoms with E-state index in [0.717, 1.165) is 0 Å². The number of nitrogens with one attached hydrogen (secondary N) is 2. The van der Waals surface area contributed by atoms with E-state index in [9.17, 15) is 16.8 Å². The number of sulfonamides is 2. The van der Waals surface area contributed by atoms with Crippen LogP contribution in [0.5, 0.6) is 5.75 Å². The highest BCUT2D eigenvalue weighted by Crippen LogP contribution is 2.34. The zero-order valence-electron chi connectivity index (χ0n) is 18.6. The minimum atomic E-state index is -4.10. The summed E-state index contributed by atoms with van der Waals surface area (Å²) in [5.41, 5.74) is 1.23. The molecule has 35 heavy (non-hydrogen) atoms. The van der Waals surface area contributed by atoms with Crippen molar-refractivity contribution in [2.75, 3.05) is 18.9 Å². The first-order valence-electron chi connectivity index (χ1n) is 10.2. The molecule has 184 valence electrons. The van der Waals surface area contributed by atoms with E-state index in [-0.39, 0.29) is 38.5 Å². The summed E-state index contributed by atoms with van der Waals surface area (Å²) < 4.78 is 62.6. The molecule has 0 unspecified atom stereocenters. The van der Waals surface area contributed by atoms with Crippen LogP contribution in [0.15, 0.2) is 69.4 Å². The van der Waals surface area contributed by atoms with E-state index < -0.39 is 20.0 Å². The van der Waals surface area contributed by atoms with Gasteiger partial charge in [0.2, 0.25) is 10.0 Å². The highest BCUT2D eigenvalue weighted by atomic mass is 35.5. The second kappa shape index (κ2) is 9.70. The molecule has 1 aliphatic carbocycles. The summed E-state index contributed by atoms with van der Waals surface area (Å²) in [6.45, 7) is 0.175. The third-order valence-electron chi connectivity index (χ3n) is 5.32. The number of thiocarbonyl (C=S) groups is 1. The molecule has 0 fully saturated rings. The van der Waals surface area contributed by atoms with Crippen LogP contribution in [0.4, 0.5) is 5.82 Å². The van der Waals surface area contributed by atoms with Crippen molar-refractivity contribution in [1.29, 1.82) is 0 Å². The largest absolute Gasteiger partial charge is 0.496 e. The third kappa shape index (κ3) is 5.11. The summed E-state index contributed by atoms with van der Waals surface area (Å²) in [5.74, 6) is 0.460. The fraction of sp³-hybridized carbons (Fsp3) is 0.182. The van der Waals surface area contributed by atoms with E-state index in [1.54, 1.807) is 41.1 Å². The summed E-state index contributed by atoms with van der Waals surface area (Å²) in [7, 11) is -4.92. The van der Waals surface area contributed by atoms with Crippen LogP contribution in [0.1, 0.15) is 12.0 Å². The van der Waals surface area contributed by atoms with Crippen molar-refractivity contribution in [2.45, 2.75) is 17.9 Å². The number of benzene rings is 2. The Kier molecular flexibility index (Phi) is 7.02. The summed E-state index contributed by atoms with van der Waals surface area (Å²) in [6.07, 6.45) is 3.18. The van der Waals surface area contributed by atoms with E-state index in [0.29, 0.717) is 22.2 Å². The number of methoxy groups -OCH3 is 1. The van der Waals surface area contributed by atoms with Crippen LogP contribution in [0, 0.1) is 0 Å². The lowest BCUT2D eigenvalue weighted by molar-refractivity contribution is 0.420. The van der Waals surface area contributed by atoms with Gasteiger partial charge in [0.25, 0.3) is 10.0 Å². The molecule has 1 aliphatic rings. The zero-order valence-corrected chi connectivity index (χ0v) is 21.9. The van der Waals surface area contributed by atoms with Crippen LogP contribution in [0.25, 0.3) is 10.9 Å². The Hall–Kier alpha value is -2.77.